The van der Waals surface area contributed by atoms with E-state index >= 15 is 0 Å². The predicted molar refractivity (Wildman–Crippen MR) is 151 cm³/mol. The van der Waals surface area contributed by atoms with Crippen molar-refractivity contribution in [2.24, 2.45) is 5.16 Å². The lowest BCUT2D eigenvalue weighted by Gasteiger charge is -2.32. The molecule has 0 radical (unpaired) electrons. The lowest BCUT2D eigenvalue weighted by Crippen LogP contribution is -2.25. The molecule has 6 heteroatoms. The first kappa shape index (κ1) is 28.0. The first-order valence-electron chi connectivity index (χ1n) is 13.6. The van der Waals surface area contributed by atoms with Crippen molar-refractivity contribution in [3.8, 4) is 11.1 Å². The van der Waals surface area contributed by atoms with Gasteiger partial charge < -0.3 is 9.57 Å². The van der Waals surface area contributed by atoms with Gasteiger partial charge in [0.05, 0.1) is 6.42 Å². The third-order valence-electron chi connectivity index (χ3n) is 7.24. The fourth-order valence-electron chi connectivity index (χ4n) is 5.63. The molecule has 6 nitrogen and oxygen atoms in total. The summed E-state index contributed by atoms with van der Waals surface area (Å²) >= 11 is 0. The highest BCUT2D eigenvalue weighted by atomic mass is 16.7. The number of benzene rings is 3. The van der Waals surface area contributed by atoms with Gasteiger partial charge in [-0.05, 0) is 46.7 Å². The van der Waals surface area contributed by atoms with Crippen molar-refractivity contribution in [3.05, 3.63) is 95.1 Å². The van der Waals surface area contributed by atoms with Gasteiger partial charge in [0.15, 0.2) is 0 Å². The maximum Gasteiger partial charge on any atom is 0.331 e. The van der Waals surface area contributed by atoms with Gasteiger partial charge in [-0.25, -0.2) is 4.79 Å². The Kier molecular flexibility index (Phi) is 9.07. The Morgan fingerprint density at radius 1 is 0.795 bits per heavy atom. The number of nitrogens with zero attached hydrogens (tertiary/aromatic N) is 1. The minimum atomic E-state index is -0.638. The number of rotatable bonds is 12. The summed E-state index contributed by atoms with van der Waals surface area (Å²) in [5, 5.41) is 3.84. The molecule has 0 fully saturated rings. The summed E-state index contributed by atoms with van der Waals surface area (Å²) in [7, 11) is 0. The van der Waals surface area contributed by atoms with Crippen molar-refractivity contribution in [2.75, 3.05) is 0 Å². The van der Waals surface area contributed by atoms with Crippen LogP contribution in [0.4, 0.5) is 0 Å². The molecule has 3 aromatic rings. The van der Waals surface area contributed by atoms with E-state index in [4.69, 9.17) is 9.57 Å². The average Bonchev–Trinajstić information content (AvgIpc) is 3.21. The Morgan fingerprint density at radius 3 is 2.15 bits per heavy atom. The van der Waals surface area contributed by atoms with Crippen LogP contribution in [0, 0.1) is 0 Å². The van der Waals surface area contributed by atoms with Crippen LogP contribution in [0.3, 0.4) is 0 Å². The van der Waals surface area contributed by atoms with Crippen LogP contribution < -0.4 is 0 Å². The molecule has 39 heavy (non-hydrogen) atoms. The van der Waals surface area contributed by atoms with Gasteiger partial charge in [0.1, 0.15) is 12.3 Å². The van der Waals surface area contributed by atoms with Crippen molar-refractivity contribution in [2.45, 2.75) is 71.3 Å². The summed E-state index contributed by atoms with van der Waals surface area (Å²) in [6.45, 7) is 5.74. The molecular formula is C33H35NO5. The largest absolute Gasteiger partial charge is 0.461 e. The summed E-state index contributed by atoms with van der Waals surface area (Å²) in [6, 6.07) is 23.6. The molecule has 0 atom stereocenters. The second-order valence-electron chi connectivity index (χ2n) is 9.98. The van der Waals surface area contributed by atoms with E-state index in [0.717, 1.165) is 42.4 Å². The molecule has 0 aromatic heterocycles. The first-order chi connectivity index (χ1) is 18.9. The first-order valence-corrected chi connectivity index (χ1v) is 13.6. The average molecular weight is 526 g/mol. The van der Waals surface area contributed by atoms with E-state index in [1.165, 1.54) is 18.1 Å². The Labute approximate surface area is 230 Å². The topological polar surface area (TPSA) is 82.0 Å². The molecule has 0 saturated heterocycles. The number of hydrogen-bond donors (Lipinski definition) is 0. The van der Waals surface area contributed by atoms with Crippen molar-refractivity contribution in [1.82, 2.24) is 0 Å². The van der Waals surface area contributed by atoms with Gasteiger partial charge in [-0.1, -0.05) is 98.6 Å². The van der Waals surface area contributed by atoms with Gasteiger partial charge >= 0.3 is 11.9 Å². The lowest BCUT2D eigenvalue weighted by molar-refractivity contribution is -0.144. The molecule has 0 bridgehead atoms. The molecule has 3 aromatic carbocycles. The minimum absolute atomic E-state index is 0.00783. The number of carbonyl (C=O) groups excluding carboxylic acids is 3. The number of Topliss-reactive ketones (excluding diaryl/α,β-unsaturated/α-hetero) is 1. The molecular weight excluding hydrogens is 490 g/mol. The molecule has 1 aliphatic rings. The number of carbonyl (C=O) groups is 3. The number of ketones is 1. The monoisotopic (exact) mass is 525 g/mol. The molecule has 1 aliphatic carbocycles. The molecule has 0 unspecified atom stereocenters. The normalized spacial score (nSPS) is 13.4. The van der Waals surface area contributed by atoms with Gasteiger partial charge in [0.25, 0.3) is 0 Å². The highest BCUT2D eigenvalue weighted by Crippen LogP contribution is 2.53. The van der Waals surface area contributed by atoms with E-state index in [1.807, 2.05) is 42.5 Å². The Morgan fingerprint density at radius 2 is 1.46 bits per heavy atom. The third kappa shape index (κ3) is 6.17. The van der Waals surface area contributed by atoms with E-state index in [2.05, 4.69) is 43.3 Å². The zero-order chi connectivity index (χ0) is 27.8. The van der Waals surface area contributed by atoms with Crippen LogP contribution in [0.25, 0.3) is 11.1 Å². The Hall–Kier alpha value is -4.06. The number of hydrogen-bond acceptors (Lipinski definition) is 6. The van der Waals surface area contributed by atoms with Gasteiger partial charge in [-0.15, -0.1) is 0 Å². The van der Waals surface area contributed by atoms with Crippen molar-refractivity contribution < 1.29 is 24.0 Å². The molecule has 0 spiro atoms. The van der Waals surface area contributed by atoms with Crippen LogP contribution >= 0.6 is 0 Å². The second kappa shape index (κ2) is 12.7. The minimum Gasteiger partial charge on any atom is -0.461 e. The van der Waals surface area contributed by atoms with E-state index in [9.17, 15) is 14.4 Å². The number of esters is 1. The summed E-state index contributed by atoms with van der Waals surface area (Å²) in [6.07, 6.45) is 3.90. The number of fused-ring (bicyclic) bond motifs is 3. The van der Waals surface area contributed by atoms with Crippen molar-refractivity contribution in [1.29, 1.82) is 0 Å². The molecule has 4 rings (SSSR count). The Balaban J connectivity index is 1.59. The van der Waals surface area contributed by atoms with Gasteiger partial charge in [0.2, 0.25) is 5.78 Å². The number of oxime groups is 1. The fraction of sp³-hybridized carbons (Fsp3) is 0.333. The SMILES string of the molecule is CCCC1(CCC)c2ccccc2-c2ccc(C(=O)/C(CCC(=O)OCc3ccccc3)=N/OC(C)=O)cc21. The van der Waals surface area contributed by atoms with Crippen molar-refractivity contribution >= 4 is 23.4 Å². The van der Waals surface area contributed by atoms with Gasteiger partial charge in [-0.3, -0.25) is 9.59 Å². The predicted octanol–water partition coefficient (Wildman–Crippen LogP) is 7.18. The van der Waals surface area contributed by atoms with Crippen LogP contribution in [0.2, 0.25) is 0 Å². The summed E-state index contributed by atoms with van der Waals surface area (Å²) in [5.74, 6) is -1.47. The molecule has 0 amide bonds. The molecule has 0 N–H and O–H groups in total. The third-order valence-corrected chi connectivity index (χ3v) is 7.24. The van der Waals surface area contributed by atoms with Crippen LogP contribution in [0.1, 0.15) is 86.3 Å². The summed E-state index contributed by atoms with van der Waals surface area (Å²) < 4.78 is 5.35. The maximum absolute atomic E-state index is 13.7. The lowest BCUT2D eigenvalue weighted by atomic mass is 9.71. The zero-order valence-corrected chi connectivity index (χ0v) is 22.9. The van der Waals surface area contributed by atoms with Gasteiger partial charge in [0, 0.05) is 24.3 Å². The summed E-state index contributed by atoms with van der Waals surface area (Å²) in [4.78, 5) is 42.4. The zero-order valence-electron chi connectivity index (χ0n) is 22.9. The van der Waals surface area contributed by atoms with E-state index in [1.54, 1.807) is 6.07 Å². The smallest absolute Gasteiger partial charge is 0.331 e. The second-order valence-corrected chi connectivity index (χ2v) is 9.98. The molecule has 202 valence electrons. The fourth-order valence-corrected chi connectivity index (χ4v) is 5.63. The number of ether oxygens (including phenoxy) is 1. The molecule has 0 aliphatic heterocycles. The van der Waals surface area contributed by atoms with E-state index in [-0.39, 0.29) is 36.4 Å². The maximum atomic E-state index is 13.7. The summed E-state index contributed by atoms with van der Waals surface area (Å²) in [5.41, 5.74) is 5.99. The quantitative estimate of drug-likeness (QED) is 0.0822. The standard InChI is InChI=1S/C33H35NO5/c1-4-19-33(20-5-2)28-14-10-9-13-26(28)27-16-15-25(21-29(27)33)32(37)30(34-39-23(3)35)17-18-31(36)38-22-24-11-7-6-8-12-24/h6-16,21H,4-5,17-20,22H2,1-3H3/b34-30+. The highest BCUT2D eigenvalue weighted by Gasteiger charge is 2.42. The molecule has 0 saturated carbocycles. The van der Waals surface area contributed by atoms with Crippen molar-refractivity contribution in [3.63, 3.8) is 0 Å². The Bertz CT molecular complexity index is 1370. The van der Waals surface area contributed by atoms with Crippen LogP contribution in [-0.4, -0.2) is 23.4 Å². The highest BCUT2D eigenvalue weighted by molar-refractivity contribution is 6.46. The van der Waals surface area contributed by atoms with Gasteiger partial charge in [-0.2, -0.15) is 0 Å². The molecule has 0 heterocycles. The van der Waals surface area contributed by atoms with Crippen LogP contribution in [0.15, 0.2) is 78.0 Å². The van der Waals surface area contributed by atoms with E-state index < -0.39 is 11.9 Å². The van der Waals surface area contributed by atoms with Crippen LogP contribution in [-0.2, 0) is 31.2 Å². The van der Waals surface area contributed by atoms with Crippen LogP contribution in [0.5, 0.6) is 0 Å². The van der Waals surface area contributed by atoms with E-state index in [0.29, 0.717) is 5.56 Å².